The number of anilines is 1. The number of thiocarbonyl (C=S) groups is 1. The molecule has 2 rings (SSSR count). The van der Waals surface area contributed by atoms with Crippen molar-refractivity contribution in [2.75, 3.05) is 25.1 Å². The third-order valence-corrected chi connectivity index (χ3v) is 4.17. The predicted octanol–water partition coefficient (Wildman–Crippen LogP) is 4.58. The maximum Gasteiger partial charge on any atom is 0.170 e. The highest BCUT2D eigenvalue weighted by Gasteiger charge is 2.06. The Balaban J connectivity index is 1.84. The maximum absolute atomic E-state index is 5.67. The van der Waals surface area contributed by atoms with E-state index in [0.717, 1.165) is 36.6 Å². The summed E-state index contributed by atoms with van der Waals surface area (Å²) in [7, 11) is 0. The fourth-order valence-corrected chi connectivity index (χ4v) is 2.79. The molecular formula is C21H28N2O2S. The van der Waals surface area contributed by atoms with Gasteiger partial charge in [-0.3, -0.25) is 0 Å². The standard InChI is InChI=1S/C21H28N2O2S/c1-4-16-7-10-18(11-8-16)23-21(26)22-14-13-17-9-12-19(24-5-2)20(15-17)25-6-3/h7-12,15H,4-6,13-14H2,1-3H3,(H2,22,23,26). The molecule has 0 atom stereocenters. The average Bonchev–Trinajstić information content (AvgIpc) is 2.65. The van der Waals surface area contributed by atoms with Crippen molar-refractivity contribution >= 4 is 23.0 Å². The molecule has 0 saturated carbocycles. The molecule has 0 bridgehead atoms. The largest absolute Gasteiger partial charge is 0.490 e. The molecule has 5 heteroatoms. The lowest BCUT2D eigenvalue weighted by atomic mass is 10.1. The lowest BCUT2D eigenvalue weighted by molar-refractivity contribution is 0.287. The van der Waals surface area contributed by atoms with E-state index in [0.29, 0.717) is 18.3 Å². The summed E-state index contributed by atoms with van der Waals surface area (Å²) in [6, 6.07) is 14.4. The summed E-state index contributed by atoms with van der Waals surface area (Å²) in [6.45, 7) is 8.08. The van der Waals surface area contributed by atoms with Crippen LogP contribution >= 0.6 is 12.2 Å². The van der Waals surface area contributed by atoms with Gasteiger partial charge in [-0.05, 0) is 74.3 Å². The van der Waals surface area contributed by atoms with Crippen LogP contribution in [-0.4, -0.2) is 24.9 Å². The Morgan fingerprint density at radius 3 is 2.19 bits per heavy atom. The van der Waals surface area contributed by atoms with E-state index in [-0.39, 0.29) is 0 Å². The van der Waals surface area contributed by atoms with Crippen LogP contribution < -0.4 is 20.1 Å². The van der Waals surface area contributed by atoms with Crippen molar-refractivity contribution in [2.45, 2.75) is 33.6 Å². The smallest absolute Gasteiger partial charge is 0.170 e. The zero-order valence-electron chi connectivity index (χ0n) is 15.8. The monoisotopic (exact) mass is 372 g/mol. The molecule has 140 valence electrons. The van der Waals surface area contributed by atoms with Gasteiger partial charge in [0.1, 0.15) is 0 Å². The van der Waals surface area contributed by atoms with Crippen LogP contribution in [0.2, 0.25) is 0 Å². The van der Waals surface area contributed by atoms with Gasteiger partial charge in [-0.25, -0.2) is 0 Å². The predicted molar refractivity (Wildman–Crippen MR) is 113 cm³/mol. The molecule has 0 unspecified atom stereocenters. The van der Waals surface area contributed by atoms with Crippen LogP contribution in [0.15, 0.2) is 42.5 Å². The van der Waals surface area contributed by atoms with Gasteiger partial charge < -0.3 is 20.1 Å². The molecule has 0 heterocycles. The van der Waals surface area contributed by atoms with Crippen LogP contribution in [0.5, 0.6) is 11.5 Å². The van der Waals surface area contributed by atoms with Gasteiger partial charge in [-0.15, -0.1) is 0 Å². The Hall–Kier alpha value is -2.27. The lowest BCUT2D eigenvalue weighted by Crippen LogP contribution is -2.30. The molecule has 0 aliphatic heterocycles. The second-order valence-electron chi connectivity index (χ2n) is 5.83. The summed E-state index contributed by atoms with van der Waals surface area (Å²) in [5, 5.41) is 7.09. The normalized spacial score (nSPS) is 10.3. The van der Waals surface area contributed by atoms with Gasteiger partial charge in [0, 0.05) is 12.2 Å². The average molecular weight is 373 g/mol. The van der Waals surface area contributed by atoms with E-state index in [1.807, 2.05) is 38.1 Å². The van der Waals surface area contributed by atoms with Gasteiger partial charge in [-0.1, -0.05) is 25.1 Å². The summed E-state index contributed by atoms with van der Waals surface area (Å²) in [5.41, 5.74) is 3.49. The number of aryl methyl sites for hydroxylation is 1. The molecule has 26 heavy (non-hydrogen) atoms. The van der Waals surface area contributed by atoms with Gasteiger partial charge in [0.2, 0.25) is 0 Å². The minimum absolute atomic E-state index is 0.618. The highest BCUT2D eigenvalue weighted by atomic mass is 32.1. The van der Waals surface area contributed by atoms with Crippen molar-refractivity contribution in [3.05, 3.63) is 53.6 Å². The number of benzene rings is 2. The molecule has 0 spiro atoms. The van der Waals surface area contributed by atoms with Crippen molar-refractivity contribution in [3.8, 4) is 11.5 Å². The summed E-state index contributed by atoms with van der Waals surface area (Å²) >= 11 is 5.37. The third-order valence-electron chi connectivity index (χ3n) is 3.93. The van der Waals surface area contributed by atoms with E-state index in [2.05, 4.69) is 35.8 Å². The minimum atomic E-state index is 0.618. The molecule has 0 saturated heterocycles. The third kappa shape index (κ3) is 6.23. The Kier molecular flexibility index (Phi) is 8.22. The Morgan fingerprint density at radius 1 is 0.885 bits per heavy atom. The molecule has 2 aromatic rings. The van der Waals surface area contributed by atoms with Crippen LogP contribution in [0.3, 0.4) is 0 Å². The van der Waals surface area contributed by atoms with Gasteiger partial charge in [0.15, 0.2) is 16.6 Å². The molecule has 0 radical (unpaired) electrons. The van der Waals surface area contributed by atoms with Gasteiger partial charge in [0.05, 0.1) is 13.2 Å². The Morgan fingerprint density at radius 2 is 1.54 bits per heavy atom. The quantitative estimate of drug-likeness (QED) is 0.631. The summed E-state index contributed by atoms with van der Waals surface area (Å²) in [5.74, 6) is 1.59. The SMILES string of the molecule is CCOc1ccc(CCNC(=S)Nc2ccc(CC)cc2)cc1OCC. The first-order valence-corrected chi connectivity index (χ1v) is 9.59. The zero-order chi connectivity index (χ0) is 18.8. The highest BCUT2D eigenvalue weighted by molar-refractivity contribution is 7.80. The number of hydrogen-bond acceptors (Lipinski definition) is 3. The van der Waals surface area contributed by atoms with Gasteiger partial charge in [0.25, 0.3) is 0 Å². The minimum Gasteiger partial charge on any atom is -0.490 e. The van der Waals surface area contributed by atoms with E-state index in [1.165, 1.54) is 11.1 Å². The summed E-state index contributed by atoms with van der Waals surface area (Å²) < 4.78 is 11.3. The van der Waals surface area contributed by atoms with Crippen molar-refractivity contribution in [2.24, 2.45) is 0 Å². The highest BCUT2D eigenvalue weighted by Crippen LogP contribution is 2.28. The molecule has 0 fully saturated rings. The van der Waals surface area contributed by atoms with E-state index >= 15 is 0 Å². The van der Waals surface area contributed by atoms with Crippen molar-refractivity contribution in [1.29, 1.82) is 0 Å². The number of ether oxygens (including phenoxy) is 2. The van der Waals surface area contributed by atoms with Gasteiger partial charge >= 0.3 is 0 Å². The van der Waals surface area contributed by atoms with Crippen LogP contribution in [0.1, 0.15) is 31.9 Å². The second-order valence-corrected chi connectivity index (χ2v) is 6.24. The number of rotatable bonds is 9. The molecule has 2 aromatic carbocycles. The number of hydrogen-bond donors (Lipinski definition) is 2. The number of nitrogens with one attached hydrogen (secondary N) is 2. The van der Waals surface area contributed by atoms with Crippen LogP contribution in [0, 0.1) is 0 Å². The van der Waals surface area contributed by atoms with E-state index < -0.39 is 0 Å². The summed E-state index contributed by atoms with van der Waals surface area (Å²) in [6.07, 6.45) is 1.89. The molecule has 0 aliphatic rings. The molecule has 0 amide bonds. The summed E-state index contributed by atoms with van der Waals surface area (Å²) in [4.78, 5) is 0. The van der Waals surface area contributed by atoms with Crippen LogP contribution in [-0.2, 0) is 12.8 Å². The lowest BCUT2D eigenvalue weighted by Gasteiger charge is -2.13. The van der Waals surface area contributed by atoms with E-state index in [9.17, 15) is 0 Å². The van der Waals surface area contributed by atoms with Crippen LogP contribution in [0.4, 0.5) is 5.69 Å². The zero-order valence-corrected chi connectivity index (χ0v) is 16.6. The Labute approximate surface area is 161 Å². The van der Waals surface area contributed by atoms with Crippen molar-refractivity contribution in [3.63, 3.8) is 0 Å². The molecule has 2 N–H and O–H groups in total. The Bertz CT molecular complexity index is 702. The first kappa shape index (κ1) is 20.0. The molecular weight excluding hydrogens is 344 g/mol. The molecule has 0 aliphatic carbocycles. The van der Waals surface area contributed by atoms with Gasteiger partial charge in [-0.2, -0.15) is 0 Å². The van der Waals surface area contributed by atoms with E-state index in [4.69, 9.17) is 21.7 Å². The van der Waals surface area contributed by atoms with Crippen molar-refractivity contribution in [1.82, 2.24) is 5.32 Å². The second kappa shape index (κ2) is 10.7. The maximum atomic E-state index is 5.67. The molecule has 4 nitrogen and oxygen atoms in total. The molecule has 0 aromatic heterocycles. The van der Waals surface area contributed by atoms with Crippen LogP contribution in [0.25, 0.3) is 0 Å². The first-order chi connectivity index (χ1) is 12.7. The van der Waals surface area contributed by atoms with Crippen molar-refractivity contribution < 1.29 is 9.47 Å². The fourth-order valence-electron chi connectivity index (χ4n) is 2.57. The fraction of sp³-hybridized carbons (Fsp3) is 0.381. The first-order valence-electron chi connectivity index (χ1n) is 9.18. The topological polar surface area (TPSA) is 42.5 Å². The van der Waals surface area contributed by atoms with E-state index in [1.54, 1.807) is 0 Å².